The van der Waals surface area contributed by atoms with Crippen LogP contribution in [0.5, 0.6) is 0 Å². The zero-order valence-electron chi connectivity index (χ0n) is 8.41. The van der Waals surface area contributed by atoms with Gasteiger partial charge in [-0.1, -0.05) is 18.7 Å². The van der Waals surface area contributed by atoms with Crippen LogP contribution in [0.4, 0.5) is 0 Å². The predicted octanol–water partition coefficient (Wildman–Crippen LogP) is 2.17. The highest BCUT2D eigenvalue weighted by Crippen LogP contribution is 2.18. The third-order valence-electron chi connectivity index (χ3n) is 2.01. The van der Waals surface area contributed by atoms with Crippen molar-refractivity contribution >= 4 is 16.9 Å². The monoisotopic (exact) mass is 210 g/mol. The molecular formula is C10H14N2OS. The second-order valence-corrected chi connectivity index (χ2v) is 4.87. The molecule has 0 saturated carbocycles. The highest BCUT2D eigenvalue weighted by molar-refractivity contribution is 8.14. The summed E-state index contributed by atoms with van der Waals surface area (Å²) >= 11 is 1.79. The molecule has 2 rings (SSSR count). The molecule has 0 fully saturated rings. The predicted molar refractivity (Wildman–Crippen MR) is 59.6 cm³/mol. The summed E-state index contributed by atoms with van der Waals surface area (Å²) in [6, 6.07) is 3.97. The molecule has 1 atom stereocenters. The fourth-order valence-corrected chi connectivity index (χ4v) is 2.15. The third kappa shape index (κ3) is 2.32. The smallest absolute Gasteiger partial charge is 0.157 e. The van der Waals surface area contributed by atoms with E-state index in [0.29, 0.717) is 5.25 Å². The van der Waals surface area contributed by atoms with E-state index in [2.05, 4.69) is 17.2 Å². The second kappa shape index (κ2) is 4.09. The third-order valence-corrected chi connectivity index (χ3v) is 3.06. The van der Waals surface area contributed by atoms with E-state index in [0.717, 1.165) is 29.8 Å². The maximum atomic E-state index is 5.44. The van der Waals surface area contributed by atoms with Gasteiger partial charge in [-0.05, 0) is 19.1 Å². The molecule has 14 heavy (non-hydrogen) atoms. The van der Waals surface area contributed by atoms with Crippen molar-refractivity contribution in [2.24, 2.45) is 4.99 Å². The van der Waals surface area contributed by atoms with Crippen molar-refractivity contribution in [1.29, 1.82) is 0 Å². The molecule has 3 nitrogen and oxygen atoms in total. The first-order valence-corrected chi connectivity index (χ1v) is 5.62. The van der Waals surface area contributed by atoms with E-state index in [4.69, 9.17) is 4.42 Å². The van der Waals surface area contributed by atoms with E-state index >= 15 is 0 Å². The van der Waals surface area contributed by atoms with Crippen LogP contribution >= 0.6 is 11.8 Å². The molecule has 0 amide bonds. The standard InChI is InChI=1S/C10H14N2OS/c1-7-3-4-9(13-7)6-12-10-11-5-8(2)14-10/h3-4,8H,5-6H2,1-2H3,(H,11,12). The van der Waals surface area contributed by atoms with Crippen LogP contribution in [0.15, 0.2) is 21.5 Å². The molecule has 76 valence electrons. The van der Waals surface area contributed by atoms with E-state index in [9.17, 15) is 0 Å². The average Bonchev–Trinajstić information content (AvgIpc) is 2.72. The summed E-state index contributed by atoms with van der Waals surface area (Å²) in [4.78, 5) is 4.37. The van der Waals surface area contributed by atoms with E-state index in [1.165, 1.54) is 0 Å². The van der Waals surface area contributed by atoms with Gasteiger partial charge in [-0.2, -0.15) is 0 Å². The number of aryl methyl sites for hydroxylation is 1. The Hall–Kier alpha value is -0.900. The lowest BCUT2D eigenvalue weighted by Gasteiger charge is -2.03. The number of furan rings is 1. The van der Waals surface area contributed by atoms with Gasteiger partial charge in [0.05, 0.1) is 13.1 Å². The number of thioether (sulfide) groups is 1. The van der Waals surface area contributed by atoms with Gasteiger partial charge >= 0.3 is 0 Å². The van der Waals surface area contributed by atoms with Crippen molar-refractivity contribution in [3.8, 4) is 0 Å². The van der Waals surface area contributed by atoms with E-state index in [1.54, 1.807) is 11.8 Å². The Kier molecular flexibility index (Phi) is 2.82. The van der Waals surface area contributed by atoms with Gasteiger partial charge in [0.25, 0.3) is 0 Å². The van der Waals surface area contributed by atoms with E-state index in [1.807, 2.05) is 19.1 Å². The number of hydrogen-bond acceptors (Lipinski definition) is 4. The zero-order valence-corrected chi connectivity index (χ0v) is 9.23. The molecule has 0 bridgehead atoms. The Morgan fingerprint density at radius 2 is 2.50 bits per heavy atom. The van der Waals surface area contributed by atoms with Crippen molar-refractivity contribution in [3.63, 3.8) is 0 Å². The maximum Gasteiger partial charge on any atom is 0.157 e. The van der Waals surface area contributed by atoms with Gasteiger partial charge < -0.3 is 9.73 Å². The number of nitrogens with zero attached hydrogens (tertiary/aromatic N) is 1. The van der Waals surface area contributed by atoms with Crippen molar-refractivity contribution < 1.29 is 4.42 Å². The van der Waals surface area contributed by atoms with Crippen LogP contribution in [-0.2, 0) is 6.54 Å². The quantitative estimate of drug-likeness (QED) is 0.813. The molecule has 1 aliphatic rings. The van der Waals surface area contributed by atoms with Crippen LogP contribution in [0.2, 0.25) is 0 Å². The van der Waals surface area contributed by atoms with Crippen LogP contribution in [0, 0.1) is 6.92 Å². The molecule has 0 spiro atoms. The van der Waals surface area contributed by atoms with Gasteiger partial charge in [-0.25, -0.2) is 0 Å². The Morgan fingerprint density at radius 1 is 1.64 bits per heavy atom. The number of rotatable bonds is 2. The van der Waals surface area contributed by atoms with Crippen molar-refractivity contribution in [1.82, 2.24) is 5.32 Å². The summed E-state index contributed by atoms with van der Waals surface area (Å²) in [5.74, 6) is 1.92. The van der Waals surface area contributed by atoms with Gasteiger partial charge in [0, 0.05) is 5.25 Å². The molecule has 4 heteroatoms. The first-order chi connectivity index (χ1) is 6.74. The Labute approximate surface area is 88.0 Å². The fourth-order valence-electron chi connectivity index (χ4n) is 1.32. The Balaban J connectivity index is 1.83. The zero-order chi connectivity index (χ0) is 9.97. The Bertz CT molecular complexity index is 346. The lowest BCUT2D eigenvalue weighted by atomic mass is 10.4. The lowest BCUT2D eigenvalue weighted by Crippen LogP contribution is -2.18. The number of nitrogens with one attached hydrogen (secondary N) is 1. The number of amidine groups is 1. The van der Waals surface area contributed by atoms with E-state index < -0.39 is 0 Å². The average molecular weight is 210 g/mol. The molecular weight excluding hydrogens is 196 g/mol. The molecule has 0 aliphatic carbocycles. The summed E-state index contributed by atoms with van der Waals surface area (Å²) in [6.45, 7) is 5.78. The first-order valence-electron chi connectivity index (χ1n) is 4.74. The lowest BCUT2D eigenvalue weighted by molar-refractivity contribution is 0.478. The SMILES string of the molecule is Cc1ccc(CNC2=NCC(C)S2)o1. The number of aliphatic imine (C=N–C) groups is 1. The molecule has 0 radical (unpaired) electrons. The fraction of sp³-hybridized carbons (Fsp3) is 0.500. The van der Waals surface area contributed by atoms with Gasteiger partial charge in [0.2, 0.25) is 0 Å². The molecule has 1 aliphatic heterocycles. The Morgan fingerprint density at radius 3 is 3.07 bits per heavy atom. The molecule has 0 saturated heterocycles. The molecule has 1 unspecified atom stereocenters. The second-order valence-electron chi connectivity index (χ2n) is 3.44. The summed E-state index contributed by atoms with van der Waals surface area (Å²) in [5.41, 5.74) is 0. The molecule has 1 N–H and O–H groups in total. The van der Waals surface area contributed by atoms with Crippen molar-refractivity contribution in [2.75, 3.05) is 6.54 Å². The van der Waals surface area contributed by atoms with Crippen LogP contribution in [0.25, 0.3) is 0 Å². The topological polar surface area (TPSA) is 37.5 Å². The van der Waals surface area contributed by atoms with E-state index in [-0.39, 0.29) is 0 Å². The van der Waals surface area contributed by atoms with Crippen LogP contribution < -0.4 is 5.32 Å². The van der Waals surface area contributed by atoms with Crippen LogP contribution in [-0.4, -0.2) is 17.0 Å². The highest BCUT2D eigenvalue weighted by Gasteiger charge is 2.14. The summed E-state index contributed by atoms with van der Waals surface area (Å²) in [7, 11) is 0. The van der Waals surface area contributed by atoms with Crippen LogP contribution in [0.3, 0.4) is 0 Å². The normalized spacial score (nSPS) is 21.0. The largest absolute Gasteiger partial charge is 0.465 e. The highest BCUT2D eigenvalue weighted by atomic mass is 32.2. The van der Waals surface area contributed by atoms with Gasteiger partial charge in [-0.15, -0.1) is 0 Å². The van der Waals surface area contributed by atoms with Gasteiger partial charge in [0.1, 0.15) is 11.5 Å². The van der Waals surface area contributed by atoms with Crippen molar-refractivity contribution in [3.05, 3.63) is 23.7 Å². The van der Waals surface area contributed by atoms with Crippen molar-refractivity contribution in [2.45, 2.75) is 25.6 Å². The summed E-state index contributed by atoms with van der Waals surface area (Å²) < 4.78 is 5.44. The minimum atomic E-state index is 0.607. The minimum Gasteiger partial charge on any atom is -0.465 e. The summed E-state index contributed by atoms with van der Waals surface area (Å²) in [5, 5.41) is 4.90. The minimum absolute atomic E-state index is 0.607. The molecule has 2 heterocycles. The molecule has 0 aromatic carbocycles. The van der Waals surface area contributed by atoms with Gasteiger partial charge in [0.15, 0.2) is 5.17 Å². The first kappa shape index (κ1) is 9.65. The molecule has 1 aromatic heterocycles. The maximum absolute atomic E-state index is 5.44. The molecule has 1 aromatic rings. The van der Waals surface area contributed by atoms with Gasteiger partial charge in [-0.3, -0.25) is 4.99 Å². The number of hydrogen-bond donors (Lipinski definition) is 1. The van der Waals surface area contributed by atoms with Crippen LogP contribution in [0.1, 0.15) is 18.4 Å². The summed E-state index contributed by atoms with van der Waals surface area (Å²) in [6.07, 6.45) is 0.